The monoisotopic (exact) mass is 361 g/mol. The van der Waals surface area contributed by atoms with E-state index in [1.807, 2.05) is 0 Å². The fourth-order valence-electron chi connectivity index (χ4n) is 3.89. The maximum atomic E-state index is 14.7. The molecule has 0 saturated carbocycles. The summed E-state index contributed by atoms with van der Waals surface area (Å²) in [6.07, 6.45) is -1.27. The van der Waals surface area contributed by atoms with Gasteiger partial charge in [-0.1, -0.05) is 6.92 Å². The van der Waals surface area contributed by atoms with Crippen LogP contribution in [-0.4, -0.2) is 14.2 Å². The van der Waals surface area contributed by atoms with E-state index in [-0.39, 0.29) is 39.8 Å². The van der Waals surface area contributed by atoms with Crippen molar-refractivity contribution in [3.8, 4) is 11.5 Å². The van der Waals surface area contributed by atoms with Gasteiger partial charge in [0.25, 0.3) is 0 Å². The third-order valence-corrected chi connectivity index (χ3v) is 6.80. The van der Waals surface area contributed by atoms with Gasteiger partial charge >= 0.3 is 0 Å². The summed E-state index contributed by atoms with van der Waals surface area (Å²) >= 11 is 0. The van der Waals surface area contributed by atoms with Gasteiger partial charge in [0.1, 0.15) is 23.5 Å². The molecule has 2 atom stereocenters. The lowest BCUT2D eigenvalue weighted by Gasteiger charge is -2.16. The summed E-state index contributed by atoms with van der Waals surface area (Å²) in [6.45, 7) is 8.72. The smallest absolute Gasteiger partial charge is 0.193 e. The number of hydrogen-bond acceptors (Lipinski definition) is 3. The number of halogens is 2. The van der Waals surface area contributed by atoms with E-state index in [1.165, 1.54) is 18.2 Å². The molecule has 0 amide bonds. The molecule has 7 heteroatoms. The standard InChI is InChI=1S/C18H13F2NO3S/c1-18-8-13(20)16-14(3-4-15(17(16)18)25(22,23)9-18)24-12-6-10(19)5-11(7-12)21-2/h3-7,13H,8-9H2,1H3. The summed E-state index contributed by atoms with van der Waals surface area (Å²) in [5, 5.41) is 0. The quantitative estimate of drug-likeness (QED) is 0.733. The lowest BCUT2D eigenvalue weighted by atomic mass is 9.86. The Bertz CT molecular complexity index is 1060. The van der Waals surface area contributed by atoms with E-state index in [9.17, 15) is 17.2 Å². The average molecular weight is 361 g/mol. The first-order chi connectivity index (χ1) is 11.7. The van der Waals surface area contributed by atoms with E-state index >= 15 is 0 Å². The van der Waals surface area contributed by atoms with Crippen LogP contribution in [0.2, 0.25) is 0 Å². The van der Waals surface area contributed by atoms with Crippen molar-refractivity contribution >= 4 is 15.5 Å². The second kappa shape index (κ2) is 5.02. The molecule has 4 nitrogen and oxygen atoms in total. The van der Waals surface area contributed by atoms with Gasteiger partial charge in [-0.25, -0.2) is 22.0 Å². The van der Waals surface area contributed by atoms with Crippen molar-refractivity contribution < 1.29 is 21.9 Å². The first-order valence-electron chi connectivity index (χ1n) is 7.64. The highest BCUT2D eigenvalue weighted by molar-refractivity contribution is 7.91. The van der Waals surface area contributed by atoms with Crippen LogP contribution < -0.4 is 4.74 Å². The molecule has 0 aromatic heterocycles. The lowest BCUT2D eigenvalue weighted by Crippen LogP contribution is -2.21. The molecule has 2 unspecified atom stereocenters. The van der Waals surface area contributed by atoms with Crippen LogP contribution in [0.3, 0.4) is 0 Å². The molecule has 128 valence electrons. The minimum atomic E-state index is -3.44. The number of hydrogen-bond donors (Lipinski definition) is 0. The number of rotatable bonds is 2. The largest absolute Gasteiger partial charge is 0.458 e. The summed E-state index contributed by atoms with van der Waals surface area (Å²) in [4.78, 5) is 3.32. The Hall–Kier alpha value is -2.46. The first kappa shape index (κ1) is 16.0. The van der Waals surface area contributed by atoms with Crippen LogP contribution in [0, 0.1) is 12.4 Å². The van der Waals surface area contributed by atoms with Crippen LogP contribution in [0.15, 0.2) is 35.2 Å². The molecule has 4 rings (SSSR count). The molecule has 0 spiro atoms. The molecule has 1 aliphatic heterocycles. The molecule has 0 fully saturated rings. The molecule has 2 aliphatic rings. The van der Waals surface area contributed by atoms with Gasteiger partial charge in [0.05, 0.1) is 17.2 Å². The van der Waals surface area contributed by atoms with Gasteiger partial charge in [0.2, 0.25) is 0 Å². The van der Waals surface area contributed by atoms with Crippen molar-refractivity contribution in [3.05, 3.63) is 58.7 Å². The predicted octanol–water partition coefficient (Wildman–Crippen LogP) is 4.63. The van der Waals surface area contributed by atoms with Crippen LogP contribution >= 0.6 is 0 Å². The Morgan fingerprint density at radius 3 is 2.80 bits per heavy atom. The SMILES string of the molecule is [C-]#[N+]c1cc(F)cc(Oc2ccc3c4c2C(F)CC4(C)CS3(=O)=O)c1. The molecule has 0 N–H and O–H groups in total. The zero-order valence-electron chi connectivity index (χ0n) is 13.2. The Kier molecular flexibility index (Phi) is 3.22. The van der Waals surface area contributed by atoms with Gasteiger partial charge < -0.3 is 4.74 Å². The fraction of sp³-hybridized carbons (Fsp3) is 0.278. The zero-order chi connectivity index (χ0) is 18.0. The predicted molar refractivity (Wildman–Crippen MR) is 87.0 cm³/mol. The van der Waals surface area contributed by atoms with Crippen molar-refractivity contribution in [2.24, 2.45) is 0 Å². The van der Waals surface area contributed by atoms with Crippen LogP contribution in [-0.2, 0) is 15.3 Å². The Balaban J connectivity index is 1.86. The molecule has 2 aromatic carbocycles. The van der Waals surface area contributed by atoms with Crippen molar-refractivity contribution in [2.75, 3.05) is 5.75 Å². The van der Waals surface area contributed by atoms with Gasteiger partial charge in [-0.05, 0) is 36.2 Å². The van der Waals surface area contributed by atoms with Crippen LogP contribution in [0.4, 0.5) is 14.5 Å². The third kappa shape index (κ3) is 2.32. The maximum absolute atomic E-state index is 14.7. The highest BCUT2D eigenvalue weighted by Gasteiger charge is 2.53. The molecule has 25 heavy (non-hydrogen) atoms. The summed E-state index contributed by atoms with van der Waals surface area (Å²) < 4.78 is 58.5. The fourth-order valence-corrected chi connectivity index (χ4v) is 6.09. The van der Waals surface area contributed by atoms with Gasteiger partial charge in [-0.15, -0.1) is 0 Å². The molecule has 1 aliphatic carbocycles. The number of benzene rings is 2. The Morgan fingerprint density at radius 2 is 2.08 bits per heavy atom. The molecular formula is C18H13F2NO3S. The second-order valence-electron chi connectivity index (χ2n) is 6.70. The van der Waals surface area contributed by atoms with Gasteiger partial charge in [0, 0.05) is 17.0 Å². The van der Waals surface area contributed by atoms with Gasteiger partial charge in [-0.3, -0.25) is 0 Å². The van der Waals surface area contributed by atoms with Crippen molar-refractivity contribution in [2.45, 2.75) is 29.8 Å². The minimum absolute atomic E-state index is 0.0665. The van der Waals surface area contributed by atoms with Gasteiger partial charge in [0.15, 0.2) is 15.5 Å². The maximum Gasteiger partial charge on any atom is 0.193 e. The topological polar surface area (TPSA) is 47.7 Å². The normalized spacial score (nSPS) is 25.4. The summed E-state index contributed by atoms with van der Waals surface area (Å²) in [6, 6.07) is 6.35. The third-order valence-electron chi connectivity index (χ3n) is 4.77. The number of alkyl halides is 1. The van der Waals surface area contributed by atoms with E-state index in [4.69, 9.17) is 11.3 Å². The zero-order valence-corrected chi connectivity index (χ0v) is 14.0. The van der Waals surface area contributed by atoms with E-state index in [0.29, 0.717) is 5.56 Å². The number of ether oxygens (including phenoxy) is 1. The molecule has 0 saturated heterocycles. The van der Waals surface area contributed by atoms with Crippen LogP contribution in [0.5, 0.6) is 11.5 Å². The summed E-state index contributed by atoms with van der Waals surface area (Å²) in [5.74, 6) is -0.517. The first-order valence-corrected chi connectivity index (χ1v) is 9.29. The Morgan fingerprint density at radius 1 is 1.32 bits per heavy atom. The number of sulfone groups is 1. The van der Waals surface area contributed by atoms with Gasteiger partial charge in [-0.2, -0.15) is 0 Å². The molecule has 2 aromatic rings. The number of nitrogens with zero attached hydrogens (tertiary/aromatic N) is 1. The average Bonchev–Trinajstić information content (AvgIpc) is 2.88. The van der Waals surface area contributed by atoms with Crippen LogP contribution in [0.1, 0.15) is 30.6 Å². The van der Waals surface area contributed by atoms with Crippen LogP contribution in [0.25, 0.3) is 4.85 Å². The summed E-state index contributed by atoms with van der Waals surface area (Å²) in [7, 11) is -3.44. The molecule has 1 heterocycles. The highest BCUT2D eigenvalue weighted by atomic mass is 32.2. The lowest BCUT2D eigenvalue weighted by molar-refractivity contribution is 0.298. The Labute approximate surface area is 143 Å². The summed E-state index contributed by atoms with van der Waals surface area (Å²) in [5.41, 5.74) is -0.0166. The van der Waals surface area contributed by atoms with E-state index in [1.54, 1.807) is 6.92 Å². The highest BCUT2D eigenvalue weighted by Crippen LogP contribution is 2.57. The minimum Gasteiger partial charge on any atom is -0.458 e. The second-order valence-corrected chi connectivity index (χ2v) is 8.66. The molecular weight excluding hydrogens is 348 g/mol. The van der Waals surface area contributed by atoms with E-state index < -0.39 is 27.2 Å². The van der Waals surface area contributed by atoms with Crippen molar-refractivity contribution in [3.63, 3.8) is 0 Å². The van der Waals surface area contributed by atoms with Crippen molar-refractivity contribution in [1.82, 2.24) is 0 Å². The van der Waals surface area contributed by atoms with E-state index in [2.05, 4.69) is 4.85 Å². The van der Waals surface area contributed by atoms with Crippen molar-refractivity contribution in [1.29, 1.82) is 0 Å². The molecule has 0 bridgehead atoms. The molecule has 0 radical (unpaired) electrons. The van der Waals surface area contributed by atoms with E-state index in [0.717, 1.165) is 12.1 Å².